The molecular weight excluding hydrogens is 287 g/mol. The molecule has 1 aliphatic rings. The highest BCUT2D eigenvalue weighted by Gasteiger charge is 2.33. The van der Waals surface area contributed by atoms with Crippen LogP contribution in [0.1, 0.15) is 30.7 Å². The highest BCUT2D eigenvalue weighted by molar-refractivity contribution is 6.42. The minimum atomic E-state index is -0.444. The first kappa shape index (κ1) is 14.6. The summed E-state index contributed by atoms with van der Waals surface area (Å²) in [5.74, 6) is -0.745. The van der Waals surface area contributed by atoms with Crippen molar-refractivity contribution in [1.29, 1.82) is 0 Å². The maximum absolute atomic E-state index is 12.0. The Kier molecular flexibility index (Phi) is 5.08. The average molecular weight is 303 g/mol. The van der Waals surface area contributed by atoms with Gasteiger partial charge in [-0.25, -0.2) is 0 Å². The lowest BCUT2D eigenvalue weighted by molar-refractivity contribution is -0.147. The normalized spacial score (nSPS) is 20.9. The van der Waals surface area contributed by atoms with Crippen molar-refractivity contribution in [1.82, 2.24) is 0 Å². The molecule has 0 amide bonds. The first-order chi connectivity index (χ1) is 9.13. The van der Waals surface area contributed by atoms with Crippen LogP contribution in [0.25, 0.3) is 0 Å². The molecule has 1 heterocycles. The maximum Gasteiger partial charge on any atom is 0.315 e. The molecule has 0 saturated carbocycles. The van der Waals surface area contributed by atoms with Crippen LogP contribution in [0.5, 0.6) is 0 Å². The Morgan fingerprint density at radius 1 is 1.37 bits per heavy atom. The molecular formula is C14H16Cl2O3. The minimum absolute atomic E-state index is 0.154. The summed E-state index contributed by atoms with van der Waals surface area (Å²) in [4.78, 5) is 12.0. The van der Waals surface area contributed by atoms with E-state index in [1.54, 1.807) is 18.2 Å². The fourth-order valence-corrected chi connectivity index (χ4v) is 2.67. The van der Waals surface area contributed by atoms with E-state index >= 15 is 0 Å². The summed E-state index contributed by atoms with van der Waals surface area (Å²) in [6.07, 6.45) is 2.78. The predicted molar refractivity (Wildman–Crippen MR) is 74.8 cm³/mol. The molecule has 0 bridgehead atoms. The van der Waals surface area contributed by atoms with Crippen LogP contribution in [-0.4, -0.2) is 25.8 Å². The van der Waals surface area contributed by atoms with E-state index in [1.807, 2.05) is 0 Å². The maximum atomic E-state index is 12.0. The number of methoxy groups -OCH3 is 1. The number of hydrogen-bond donors (Lipinski definition) is 0. The van der Waals surface area contributed by atoms with E-state index in [-0.39, 0.29) is 12.1 Å². The Hall–Kier alpha value is -0.770. The molecule has 0 radical (unpaired) electrons. The number of halogens is 2. The second kappa shape index (κ2) is 6.60. The van der Waals surface area contributed by atoms with Gasteiger partial charge in [-0.05, 0) is 37.0 Å². The second-order valence-corrected chi connectivity index (χ2v) is 5.39. The Morgan fingerprint density at radius 2 is 2.16 bits per heavy atom. The molecule has 5 heteroatoms. The lowest BCUT2D eigenvalue weighted by Gasteiger charge is -2.29. The average Bonchev–Trinajstić information content (AvgIpc) is 2.44. The lowest BCUT2D eigenvalue weighted by Crippen LogP contribution is -2.32. The molecule has 1 fully saturated rings. The number of rotatable bonds is 3. The standard InChI is InChI=1S/C14H16Cl2O3/c1-18-14(17)13(12-4-2-3-7-19-12)9-5-6-10(15)11(16)8-9/h5-6,8,12-13H,2-4,7H2,1H3/t12-,13-/m0/s1. The van der Waals surface area contributed by atoms with Gasteiger partial charge < -0.3 is 9.47 Å². The van der Waals surface area contributed by atoms with Crippen LogP contribution < -0.4 is 0 Å². The highest BCUT2D eigenvalue weighted by atomic mass is 35.5. The van der Waals surface area contributed by atoms with Crippen LogP contribution in [0.2, 0.25) is 10.0 Å². The largest absolute Gasteiger partial charge is 0.468 e. The van der Waals surface area contributed by atoms with Crippen LogP contribution >= 0.6 is 23.2 Å². The first-order valence-corrected chi connectivity index (χ1v) is 7.03. The SMILES string of the molecule is COC(=O)[C@@H](c1ccc(Cl)c(Cl)c1)[C@@H]1CCCCO1. The fraction of sp³-hybridized carbons (Fsp3) is 0.500. The van der Waals surface area contributed by atoms with Crippen molar-refractivity contribution in [3.05, 3.63) is 33.8 Å². The van der Waals surface area contributed by atoms with Gasteiger partial charge in [0, 0.05) is 6.61 Å². The van der Waals surface area contributed by atoms with Crippen molar-refractivity contribution in [2.45, 2.75) is 31.3 Å². The molecule has 3 nitrogen and oxygen atoms in total. The number of carbonyl (C=O) groups excluding carboxylic acids is 1. The van der Waals surface area contributed by atoms with Crippen LogP contribution in [0.4, 0.5) is 0 Å². The molecule has 0 spiro atoms. The zero-order chi connectivity index (χ0) is 13.8. The summed E-state index contributed by atoms with van der Waals surface area (Å²) in [5.41, 5.74) is 0.785. The van der Waals surface area contributed by atoms with Gasteiger partial charge in [0.1, 0.15) is 5.92 Å². The monoisotopic (exact) mass is 302 g/mol. The molecule has 1 aromatic rings. The van der Waals surface area contributed by atoms with Gasteiger partial charge in [-0.1, -0.05) is 29.3 Å². The van der Waals surface area contributed by atoms with Gasteiger partial charge in [0.15, 0.2) is 0 Å². The summed E-state index contributed by atoms with van der Waals surface area (Å²) in [7, 11) is 1.38. The van der Waals surface area contributed by atoms with E-state index in [4.69, 9.17) is 32.7 Å². The van der Waals surface area contributed by atoms with Gasteiger partial charge in [-0.2, -0.15) is 0 Å². The number of ether oxygens (including phenoxy) is 2. The van der Waals surface area contributed by atoms with E-state index in [1.165, 1.54) is 7.11 Å². The lowest BCUT2D eigenvalue weighted by atomic mass is 9.89. The molecule has 1 aliphatic heterocycles. The van der Waals surface area contributed by atoms with Crippen LogP contribution in [0.15, 0.2) is 18.2 Å². The molecule has 0 aromatic heterocycles. The van der Waals surface area contributed by atoms with Crippen LogP contribution in [-0.2, 0) is 14.3 Å². The Labute approximate surface area is 122 Å². The third-order valence-electron chi connectivity index (χ3n) is 3.34. The number of hydrogen-bond acceptors (Lipinski definition) is 3. The van der Waals surface area contributed by atoms with Crippen molar-refractivity contribution >= 4 is 29.2 Å². The summed E-state index contributed by atoms with van der Waals surface area (Å²) >= 11 is 11.9. The van der Waals surface area contributed by atoms with Gasteiger partial charge in [0.25, 0.3) is 0 Å². The molecule has 0 aliphatic carbocycles. The van der Waals surface area contributed by atoms with E-state index < -0.39 is 5.92 Å². The molecule has 0 N–H and O–H groups in total. The topological polar surface area (TPSA) is 35.5 Å². The van der Waals surface area contributed by atoms with Gasteiger partial charge in [0.2, 0.25) is 0 Å². The molecule has 1 aromatic carbocycles. The third kappa shape index (κ3) is 3.41. The smallest absolute Gasteiger partial charge is 0.315 e. The highest BCUT2D eigenvalue weighted by Crippen LogP contribution is 2.33. The third-order valence-corrected chi connectivity index (χ3v) is 4.08. The van der Waals surface area contributed by atoms with Gasteiger partial charge in [0.05, 0.1) is 23.3 Å². The zero-order valence-corrected chi connectivity index (χ0v) is 12.2. The Bertz CT molecular complexity index is 456. The summed E-state index contributed by atoms with van der Waals surface area (Å²) < 4.78 is 10.6. The predicted octanol–water partition coefficient (Wildman–Crippen LogP) is 3.82. The van der Waals surface area contributed by atoms with Crippen molar-refractivity contribution in [2.75, 3.05) is 13.7 Å². The van der Waals surface area contributed by atoms with Crippen LogP contribution in [0, 0.1) is 0 Å². The van der Waals surface area contributed by atoms with Crippen molar-refractivity contribution in [3.8, 4) is 0 Å². The van der Waals surface area contributed by atoms with Gasteiger partial charge in [-0.15, -0.1) is 0 Å². The van der Waals surface area contributed by atoms with Crippen molar-refractivity contribution < 1.29 is 14.3 Å². The number of esters is 1. The number of carbonyl (C=O) groups is 1. The van der Waals surface area contributed by atoms with Crippen molar-refractivity contribution in [2.24, 2.45) is 0 Å². The fourth-order valence-electron chi connectivity index (χ4n) is 2.36. The van der Waals surface area contributed by atoms with Gasteiger partial charge >= 0.3 is 5.97 Å². The summed E-state index contributed by atoms with van der Waals surface area (Å²) in [6.45, 7) is 0.680. The van der Waals surface area contributed by atoms with E-state index in [0.717, 1.165) is 24.8 Å². The van der Waals surface area contributed by atoms with E-state index in [9.17, 15) is 4.79 Å². The van der Waals surface area contributed by atoms with E-state index in [0.29, 0.717) is 16.7 Å². The summed E-state index contributed by atoms with van der Waals surface area (Å²) in [6, 6.07) is 5.20. The quantitative estimate of drug-likeness (QED) is 0.796. The first-order valence-electron chi connectivity index (χ1n) is 6.28. The Balaban J connectivity index is 2.30. The summed E-state index contributed by atoms with van der Waals surface area (Å²) in [5, 5.41) is 0.905. The molecule has 1 saturated heterocycles. The second-order valence-electron chi connectivity index (χ2n) is 4.58. The number of benzene rings is 1. The molecule has 104 valence electrons. The van der Waals surface area contributed by atoms with Crippen LogP contribution in [0.3, 0.4) is 0 Å². The molecule has 0 unspecified atom stereocenters. The van der Waals surface area contributed by atoms with Crippen molar-refractivity contribution in [3.63, 3.8) is 0 Å². The Morgan fingerprint density at radius 3 is 2.74 bits per heavy atom. The van der Waals surface area contributed by atoms with Gasteiger partial charge in [-0.3, -0.25) is 4.79 Å². The zero-order valence-electron chi connectivity index (χ0n) is 10.7. The molecule has 19 heavy (non-hydrogen) atoms. The molecule has 2 rings (SSSR count). The molecule has 2 atom stereocenters. The minimum Gasteiger partial charge on any atom is -0.468 e. The van der Waals surface area contributed by atoms with E-state index in [2.05, 4.69) is 0 Å².